The van der Waals surface area contributed by atoms with E-state index in [1.807, 2.05) is 11.3 Å². The third kappa shape index (κ3) is 4.81. The average molecular weight is 709 g/mol. The molecule has 0 amide bonds. The summed E-state index contributed by atoms with van der Waals surface area (Å²) in [7, 11) is 0. The van der Waals surface area contributed by atoms with Crippen molar-refractivity contribution in [2.45, 2.75) is 0 Å². The smallest absolute Gasteiger partial charge is 0.160 e. The zero-order chi connectivity index (χ0) is 35.6. The molecule has 3 nitrogen and oxygen atoms in total. The molecule has 9 aromatic carbocycles. The van der Waals surface area contributed by atoms with Crippen LogP contribution in [0.3, 0.4) is 0 Å². The van der Waals surface area contributed by atoms with Gasteiger partial charge >= 0.3 is 0 Å². The van der Waals surface area contributed by atoms with E-state index in [1.165, 1.54) is 36.3 Å². The second-order valence-corrected chi connectivity index (χ2v) is 14.8. The van der Waals surface area contributed by atoms with Crippen LogP contribution in [-0.2, 0) is 0 Å². The molecule has 0 unspecified atom stereocenters. The fourth-order valence-electron chi connectivity index (χ4n) is 8.22. The van der Waals surface area contributed by atoms with Gasteiger partial charge in [-0.25, -0.2) is 0 Å². The Kier molecular flexibility index (Phi) is 7.04. The molecule has 0 saturated heterocycles. The summed E-state index contributed by atoms with van der Waals surface area (Å²) in [6.45, 7) is 0. The molecular weight excluding hydrogens is 677 g/mol. The molecule has 0 radical (unpaired) electrons. The Morgan fingerprint density at radius 2 is 1.00 bits per heavy atom. The lowest BCUT2D eigenvalue weighted by Gasteiger charge is -2.27. The van der Waals surface area contributed by atoms with Gasteiger partial charge in [0.15, 0.2) is 5.58 Å². The molecule has 0 bridgehead atoms. The summed E-state index contributed by atoms with van der Waals surface area (Å²) in [5.41, 5.74) is 8.08. The van der Waals surface area contributed by atoms with Gasteiger partial charge in [0.2, 0.25) is 0 Å². The Labute approximate surface area is 316 Å². The minimum absolute atomic E-state index is 0.840. The van der Waals surface area contributed by atoms with Crippen molar-refractivity contribution in [3.8, 4) is 0 Å². The highest BCUT2D eigenvalue weighted by Crippen LogP contribution is 2.51. The van der Waals surface area contributed by atoms with Crippen LogP contribution in [0, 0.1) is 0 Å². The van der Waals surface area contributed by atoms with Crippen LogP contribution < -0.4 is 9.80 Å². The summed E-state index contributed by atoms with van der Waals surface area (Å²) in [6, 6.07) is 69.5. The van der Waals surface area contributed by atoms with Gasteiger partial charge in [-0.3, -0.25) is 0 Å². The second-order valence-electron chi connectivity index (χ2n) is 13.7. The summed E-state index contributed by atoms with van der Waals surface area (Å²) in [4.78, 5) is 4.74. The molecule has 11 rings (SSSR count). The molecule has 0 fully saturated rings. The number of furan rings is 1. The molecule has 0 aliphatic heterocycles. The van der Waals surface area contributed by atoms with Gasteiger partial charge < -0.3 is 14.2 Å². The fourth-order valence-corrected chi connectivity index (χ4v) is 9.31. The number of nitrogens with zero attached hydrogens (tertiary/aromatic N) is 2. The monoisotopic (exact) mass is 708 g/mol. The van der Waals surface area contributed by atoms with Gasteiger partial charge in [-0.1, -0.05) is 115 Å². The van der Waals surface area contributed by atoms with Gasteiger partial charge in [0, 0.05) is 53.7 Å². The molecule has 2 aromatic heterocycles. The SMILES string of the molecule is c1ccc(N(c2ccc3sc4ccccc4c3c2)c2c3ccc4ccccc4c3cc3c2oc2cccc(N(c4ccccc4)c4ccccc4)c23)cc1. The zero-order valence-corrected chi connectivity index (χ0v) is 30.0. The number of anilines is 6. The minimum atomic E-state index is 0.840. The van der Waals surface area contributed by atoms with Gasteiger partial charge in [0.05, 0.1) is 16.8 Å². The standard InChI is InChI=1S/C50H32N2OS/c1-4-16-34(17-5-1)51(35-18-6-2-7-19-35)44-24-14-25-45-48(44)43-32-41-38-22-11-10-15-33(38)27-29-40(41)49(50(43)53-45)52(36-20-8-3-9-21-36)37-28-30-47-42(31-37)39-23-12-13-26-46(39)54-47/h1-32H. The third-order valence-electron chi connectivity index (χ3n) is 10.6. The van der Waals surface area contributed by atoms with Crippen LogP contribution in [0.15, 0.2) is 199 Å². The number of hydrogen-bond acceptors (Lipinski definition) is 4. The lowest BCUT2D eigenvalue weighted by Crippen LogP contribution is -2.11. The summed E-state index contributed by atoms with van der Waals surface area (Å²) in [5.74, 6) is 0. The Hall–Kier alpha value is -6.88. The molecular formula is C50H32N2OS. The van der Waals surface area contributed by atoms with E-state index in [2.05, 4.69) is 204 Å². The number of fused-ring (bicyclic) bond motifs is 9. The maximum atomic E-state index is 7.17. The molecule has 0 aliphatic rings. The summed E-state index contributed by atoms with van der Waals surface area (Å²) in [6.07, 6.45) is 0. The van der Waals surface area contributed by atoms with Crippen molar-refractivity contribution in [2.75, 3.05) is 9.80 Å². The van der Waals surface area contributed by atoms with E-state index in [0.717, 1.165) is 61.4 Å². The second kappa shape index (κ2) is 12.4. The predicted molar refractivity (Wildman–Crippen MR) is 231 cm³/mol. The molecule has 254 valence electrons. The van der Waals surface area contributed by atoms with E-state index in [-0.39, 0.29) is 0 Å². The highest BCUT2D eigenvalue weighted by atomic mass is 32.1. The van der Waals surface area contributed by atoms with Crippen LogP contribution in [0.4, 0.5) is 34.1 Å². The van der Waals surface area contributed by atoms with Crippen LogP contribution >= 0.6 is 11.3 Å². The molecule has 2 heterocycles. The predicted octanol–water partition coefficient (Wildman–Crippen LogP) is 15.2. The lowest BCUT2D eigenvalue weighted by molar-refractivity contribution is 0.669. The molecule has 0 atom stereocenters. The molecule has 54 heavy (non-hydrogen) atoms. The number of hydrogen-bond donors (Lipinski definition) is 0. The van der Waals surface area contributed by atoms with Crippen LogP contribution in [-0.4, -0.2) is 0 Å². The van der Waals surface area contributed by atoms with Crippen molar-refractivity contribution in [1.29, 1.82) is 0 Å². The molecule has 4 heteroatoms. The maximum Gasteiger partial charge on any atom is 0.160 e. The van der Waals surface area contributed by atoms with E-state index in [0.29, 0.717) is 0 Å². The fraction of sp³-hybridized carbons (Fsp3) is 0. The lowest BCUT2D eigenvalue weighted by atomic mass is 9.96. The minimum Gasteiger partial charge on any atom is -0.454 e. The Morgan fingerprint density at radius 3 is 1.74 bits per heavy atom. The van der Waals surface area contributed by atoms with Gasteiger partial charge in [-0.2, -0.15) is 0 Å². The van der Waals surface area contributed by atoms with E-state index in [9.17, 15) is 0 Å². The average Bonchev–Trinajstić information content (AvgIpc) is 3.80. The van der Waals surface area contributed by atoms with Crippen LogP contribution in [0.1, 0.15) is 0 Å². The zero-order valence-electron chi connectivity index (χ0n) is 29.2. The maximum absolute atomic E-state index is 7.17. The molecule has 0 saturated carbocycles. The highest BCUT2D eigenvalue weighted by molar-refractivity contribution is 7.25. The van der Waals surface area contributed by atoms with Crippen LogP contribution in [0.5, 0.6) is 0 Å². The number of para-hydroxylation sites is 3. The third-order valence-corrected chi connectivity index (χ3v) is 11.7. The summed E-state index contributed by atoms with van der Waals surface area (Å²) < 4.78 is 9.73. The van der Waals surface area contributed by atoms with Gasteiger partial charge in [-0.05, 0) is 95.0 Å². The van der Waals surface area contributed by atoms with Crippen molar-refractivity contribution < 1.29 is 4.42 Å². The van der Waals surface area contributed by atoms with Crippen molar-refractivity contribution in [1.82, 2.24) is 0 Å². The molecule has 0 aliphatic carbocycles. The summed E-state index contributed by atoms with van der Waals surface area (Å²) in [5, 5.41) is 9.39. The van der Waals surface area contributed by atoms with E-state index >= 15 is 0 Å². The largest absolute Gasteiger partial charge is 0.454 e. The van der Waals surface area contributed by atoms with Crippen molar-refractivity contribution in [2.24, 2.45) is 0 Å². The first-order valence-electron chi connectivity index (χ1n) is 18.3. The van der Waals surface area contributed by atoms with Crippen LogP contribution in [0.25, 0.3) is 63.7 Å². The number of rotatable bonds is 6. The molecule has 0 N–H and O–H groups in total. The Bertz CT molecular complexity index is 3130. The van der Waals surface area contributed by atoms with E-state index < -0.39 is 0 Å². The molecule has 11 aromatic rings. The Morgan fingerprint density at radius 1 is 0.370 bits per heavy atom. The van der Waals surface area contributed by atoms with Gasteiger partial charge in [0.25, 0.3) is 0 Å². The quantitative estimate of drug-likeness (QED) is 0.160. The number of benzene rings is 9. The van der Waals surface area contributed by atoms with Gasteiger partial charge in [-0.15, -0.1) is 11.3 Å². The first-order chi connectivity index (χ1) is 26.8. The Balaban J connectivity index is 1.28. The normalized spacial score (nSPS) is 11.7. The first-order valence-corrected chi connectivity index (χ1v) is 19.1. The first kappa shape index (κ1) is 30.7. The highest BCUT2D eigenvalue weighted by Gasteiger charge is 2.26. The van der Waals surface area contributed by atoms with E-state index in [4.69, 9.17) is 4.42 Å². The van der Waals surface area contributed by atoms with E-state index in [1.54, 1.807) is 0 Å². The van der Waals surface area contributed by atoms with Gasteiger partial charge in [0.1, 0.15) is 5.58 Å². The summed E-state index contributed by atoms with van der Waals surface area (Å²) >= 11 is 1.84. The number of thiophene rings is 1. The van der Waals surface area contributed by atoms with Crippen molar-refractivity contribution >= 4 is 109 Å². The van der Waals surface area contributed by atoms with Crippen molar-refractivity contribution in [3.63, 3.8) is 0 Å². The van der Waals surface area contributed by atoms with Crippen LogP contribution in [0.2, 0.25) is 0 Å². The molecule has 0 spiro atoms. The van der Waals surface area contributed by atoms with Crippen molar-refractivity contribution in [3.05, 3.63) is 194 Å². The topological polar surface area (TPSA) is 19.6 Å².